The van der Waals surface area contributed by atoms with Crippen LogP contribution in [0.3, 0.4) is 0 Å². The molecule has 1 fully saturated rings. The van der Waals surface area contributed by atoms with Gasteiger partial charge in [-0.15, -0.1) is 0 Å². The molecule has 3 heteroatoms. The average molecular weight is 637 g/mol. The van der Waals surface area contributed by atoms with E-state index >= 15 is 0 Å². The molecule has 0 aliphatic heterocycles. The van der Waals surface area contributed by atoms with Crippen LogP contribution in [0.25, 0.3) is 17.2 Å². The Morgan fingerprint density at radius 3 is 1.72 bits per heavy atom. The van der Waals surface area contributed by atoms with Gasteiger partial charge in [-0.2, -0.15) is 0 Å². The number of benzene rings is 3. The third-order valence-electron chi connectivity index (χ3n) is 9.06. The van der Waals surface area contributed by atoms with E-state index in [9.17, 15) is 0 Å². The number of halogens is 2. The normalized spacial score (nSPS) is 17.9. The zero-order valence-electron chi connectivity index (χ0n) is 24.4. The molecule has 204 valence electrons. The number of allylic oxidation sites excluding steroid dienone is 1. The van der Waals surface area contributed by atoms with Crippen molar-refractivity contribution < 1.29 is 46.1 Å². The van der Waals surface area contributed by atoms with Crippen molar-refractivity contribution in [3.8, 4) is 11.1 Å². The Morgan fingerprint density at radius 2 is 1.18 bits per heavy atom. The molecule has 3 aliphatic carbocycles. The molecular formula is C36H42Cl2Zr. The molecule has 0 saturated heterocycles. The minimum absolute atomic E-state index is 0. The van der Waals surface area contributed by atoms with Crippen molar-refractivity contribution in [1.82, 2.24) is 0 Å². The number of hydrogen-bond acceptors (Lipinski definition) is 0. The molecular weight excluding hydrogens is 595 g/mol. The van der Waals surface area contributed by atoms with E-state index < -0.39 is 21.3 Å². The van der Waals surface area contributed by atoms with Gasteiger partial charge in [0.2, 0.25) is 0 Å². The summed E-state index contributed by atoms with van der Waals surface area (Å²) in [5.41, 5.74) is 12.7. The Balaban J connectivity index is 0.00000176. The molecule has 3 aliphatic rings. The average Bonchev–Trinajstić information content (AvgIpc) is 3.43. The summed E-state index contributed by atoms with van der Waals surface area (Å²) in [4.78, 5) is 0. The molecule has 3 aromatic carbocycles. The van der Waals surface area contributed by atoms with Crippen LogP contribution in [0.4, 0.5) is 0 Å². The van der Waals surface area contributed by atoms with E-state index in [-0.39, 0.29) is 35.6 Å². The molecule has 1 saturated carbocycles. The number of fused-ring (bicyclic) bond motifs is 4. The van der Waals surface area contributed by atoms with Gasteiger partial charge >= 0.3 is 234 Å². The van der Waals surface area contributed by atoms with Crippen LogP contribution in [0.2, 0.25) is 0 Å². The summed E-state index contributed by atoms with van der Waals surface area (Å²) in [6, 6.07) is 24.3. The van der Waals surface area contributed by atoms with Gasteiger partial charge in [-0.1, -0.05) is 0 Å². The van der Waals surface area contributed by atoms with Crippen LogP contribution in [-0.4, -0.2) is 3.21 Å². The Labute approximate surface area is 256 Å². The second-order valence-corrected chi connectivity index (χ2v) is 20.5. The van der Waals surface area contributed by atoms with Gasteiger partial charge in [-0.05, 0) is 0 Å². The van der Waals surface area contributed by atoms with Crippen molar-refractivity contribution in [2.24, 2.45) is 0 Å². The van der Waals surface area contributed by atoms with E-state index in [0.717, 1.165) is 0 Å². The van der Waals surface area contributed by atoms with Crippen LogP contribution in [0.15, 0.2) is 66.7 Å². The first-order valence-corrected chi connectivity index (χ1v) is 18.5. The summed E-state index contributed by atoms with van der Waals surface area (Å²) in [5.74, 6) is 0. The van der Waals surface area contributed by atoms with Crippen LogP contribution in [0.5, 0.6) is 0 Å². The molecule has 0 radical (unpaired) electrons. The van der Waals surface area contributed by atoms with E-state index in [4.69, 9.17) is 0 Å². The predicted octanol–water partition coefficient (Wildman–Crippen LogP) is 3.88. The number of hydrogen-bond donors (Lipinski definition) is 0. The van der Waals surface area contributed by atoms with Gasteiger partial charge in [-0.3, -0.25) is 0 Å². The standard InChI is InChI=1S/C21H25.C9H7.C6H10.2ClH.Zr/c1-20(2,3)16-7-9-18-14(12-16)11-15-13-17(21(4,5)6)8-10-19(15)18;1-2-5-9-7-3-6-8(9)4-1;1-2-4-6-5-3-1;;;/h7-13H,1-6H3;1-7H;1-5H2;2*1H;/q;;;;;+2/p-2. The Bertz CT molecular complexity index is 1360. The first kappa shape index (κ1) is 30.7. The van der Waals surface area contributed by atoms with Crippen molar-refractivity contribution in [3.63, 3.8) is 0 Å². The maximum atomic E-state index is 2.63. The van der Waals surface area contributed by atoms with Crippen molar-refractivity contribution in [3.05, 3.63) is 100 Å². The molecule has 0 N–H and O–H groups in total. The van der Waals surface area contributed by atoms with Crippen LogP contribution in [0, 0.1) is 0 Å². The van der Waals surface area contributed by atoms with Gasteiger partial charge < -0.3 is 24.8 Å². The van der Waals surface area contributed by atoms with Gasteiger partial charge in [-0.25, -0.2) is 0 Å². The van der Waals surface area contributed by atoms with E-state index in [2.05, 4.69) is 114 Å². The fourth-order valence-electron chi connectivity index (χ4n) is 6.92. The van der Waals surface area contributed by atoms with Crippen LogP contribution in [0.1, 0.15) is 114 Å². The third-order valence-corrected chi connectivity index (χ3v) is 18.2. The minimum atomic E-state index is -2.26. The molecule has 6 rings (SSSR count). The van der Waals surface area contributed by atoms with Crippen LogP contribution >= 0.6 is 0 Å². The first-order chi connectivity index (χ1) is 17.6. The largest absolute Gasteiger partial charge is 1.00 e. The molecule has 0 amide bonds. The zero-order valence-corrected chi connectivity index (χ0v) is 28.3. The molecule has 1 atom stereocenters. The van der Waals surface area contributed by atoms with Crippen molar-refractivity contribution in [1.29, 1.82) is 0 Å². The van der Waals surface area contributed by atoms with Gasteiger partial charge in [0, 0.05) is 0 Å². The molecule has 1 unspecified atom stereocenters. The summed E-state index contributed by atoms with van der Waals surface area (Å²) in [7, 11) is 0. The Kier molecular flexibility index (Phi) is 9.09. The summed E-state index contributed by atoms with van der Waals surface area (Å²) in [5, 5.41) is 0. The van der Waals surface area contributed by atoms with Gasteiger partial charge in [0.1, 0.15) is 0 Å². The SMILES string of the molecule is CC(C)(C)c1ccc2c(c1)[CH]([Zr+2](=[C]1CCCCC1)[CH]1C=Cc3ccccc31)c1cc(C(C)(C)C)ccc1-2.[Cl-].[Cl-]. The Morgan fingerprint density at radius 1 is 0.641 bits per heavy atom. The van der Waals surface area contributed by atoms with Gasteiger partial charge in [0.05, 0.1) is 0 Å². The fraction of sp³-hybridized carbons (Fsp3) is 0.417. The maximum Gasteiger partial charge on any atom is -1.00 e. The molecule has 39 heavy (non-hydrogen) atoms. The molecule has 0 heterocycles. The molecule has 0 aromatic heterocycles. The summed E-state index contributed by atoms with van der Waals surface area (Å²) >= 11 is -2.26. The van der Waals surface area contributed by atoms with Gasteiger partial charge in [0.15, 0.2) is 0 Å². The summed E-state index contributed by atoms with van der Waals surface area (Å²) in [6.45, 7) is 14.2. The molecule has 0 bridgehead atoms. The summed E-state index contributed by atoms with van der Waals surface area (Å²) < 4.78 is 3.25. The van der Waals surface area contributed by atoms with Crippen molar-refractivity contribution in [2.75, 3.05) is 0 Å². The predicted molar refractivity (Wildman–Crippen MR) is 157 cm³/mol. The number of rotatable bonds is 2. The molecule has 3 aromatic rings. The zero-order chi connectivity index (χ0) is 25.9. The van der Waals surface area contributed by atoms with Gasteiger partial charge in [0.25, 0.3) is 0 Å². The quantitative estimate of drug-likeness (QED) is 0.401. The maximum absolute atomic E-state index is 2.63. The van der Waals surface area contributed by atoms with E-state index in [1.807, 2.05) is 3.21 Å². The second-order valence-electron chi connectivity index (χ2n) is 13.6. The van der Waals surface area contributed by atoms with Crippen molar-refractivity contribution in [2.45, 2.75) is 91.7 Å². The summed E-state index contributed by atoms with van der Waals surface area (Å²) in [6.07, 6.45) is 12.0. The minimum Gasteiger partial charge on any atom is -1.00 e. The van der Waals surface area contributed by atoms with E-state index in [0.29, 0.717) is 7.25 Å². The van der Waals surface area contributed by atoms with Crippen LogP contribution in [-0.2, 0) is 32.1 Å². The fourth-order valence-corrected chi connectivity index (χ4v) is 17.2. The first-order valence-electron chi connectivity index (χ1n) is 14.4. The second kappa shape index (κ2) is 11.5. The topological polar surface area (TPSA) is 0 Å². The van der Waals surface area contributed by atoms with E-state index in [1.54, 1.807) is 16.7 Å². The molecule has 0 nitrogen and oxygen atoms in total. The smallest absolute Gasteiger partial charge is 1.00 e. The molecule has 0 spiro atoms. The Hall–Kier alpha value is -1.27. The van der Waals surface area contributed by atoms with Crippen LogP contribution < -0.4 is 24.8 Å². The van der Waals surface area contributed by atoms with E-state index in [1.165, 1.54) is 59.9 Å². The third kappa shape index (κ3) is 5.63. The monoisotopic (exact) mass is 634 g/mol. The van der Waals surface area contributed by atoms with Crippen molar-refractivity contribution >= 4 is 9.28 Å².